The number of allylic oxidation sites excluding steroid dienone is 2. The van der Waals surface area contributed by atoms with Crippen LogP contribution in [0.15, 0.2) is 58.3 Å². The van der Waals surface area contributed by atoms with Crippen molar-refractivity contribution >= 4 is 32.7 Å². The second kappa shape index (κ2) is 6.03. The van der Waals surface area contributed by atoms with Gasteiger partial charge in [0.05, 0.1) is 4.90 Å². The molecular formula is C21H22O2S2. The molecule has 0 atom stereocenters. The lowest BCUT2D eigenvalue weighted by molar-refractivity contribution is 0.568. The maximum absolute atomic E-state index is 11.7. The predicted octanol–water partition coefficient (Wildman–Crippen LogP) is 5.30. The minimum absolute atomic E-state index is 0.391. The van der Waals surface area contributed by atoms with Crippen LogP contribution in [0.4, 0.5) is 0 Å². The van der Waals surface area contributed by atoms with Gasteiger partial charge in [-0.25, -0.2) is 8.42 Å². The van der Waals surface area contributed by atoms with E-state index in [9.17, 15) is 8.42 Å². The molecule has 2 aromatic carbocycles. The van der Waals surface area contributed by atoms with Gasteiger partial charge in [-0.3, -0.25) is 0 Å². The fourth-order valence-electron chi connectivity index (χ4n) is 3.80. The first kappa shape index (κ1) is 16.9. The summed E-state index contributed by atoms with van der Waals surface area (Å²) in [6, 6.07) is 16.3. The summed E-state index contributed by atoms with van der Waals surface area (Å²) in [6.07, 6.45) is 8.24. The van der Waals surface area contributed by atoms with E-state index in [1.807, 2.05) is 12.1 Å². The lowest BCUT2D eigenvalue weighted by atomic mass is 9.97. The molecule has 1 fully saturated rings. The molecule has 1 spiro atoms. The molecule has 2 nitrogen and oxygen atoms in total. The van der Waals surface area contributed by atoms with Crippen molar-refractivity contribution in [3.8, 4) is 0 Å². The first-order valence-electron chi connectivity index (χ1n) is 8.57. The van der Waals surface area contributed by atoms with E-state index in [0.717, 1.165) is 12.8 Å². The Hall–Kier alpha value is -1.52. The van der Waals surface area contributed by atoms with Crippen molar-refractivity contribution in [1.82, 2.24) is 0 Å². The van der Waals surface area contributed by atoms with Gasteiger partial charge < -0.3 is 0 Å². The monoisotopic (exact) mass is 370 g/mol. The summed E-state index contributed by atoms with van der Waals surface area (Å²) in [4.78, 5) is 1.67. The molecule has 130 valence electrons. The van der Waals surface area contributed by atoms with Gasteiger partial charge >= 0.3 is 0 Å². The molecule has 0 amide bonds. The molecule has 4 heteroatoms. The van der Waals surface area contributed by atoms with Gasteiger partial charge in [-0.2, -0.15) is 0 Å². The maximum Gasteiger partial charge on any atom is 0.175 e. The highest BCUT2D eigenvalue weighted by Gasteiger charge is 2.48. The molecule has 0 N–H and O–H groups in total. The molecule has 0 bridgehead atoms. The van der Waals surface area contributed by atoms with Crippen LogP contribution in [0.3, 0.4) is 0 Å². The highest BCUT2D eigenvalue weighted by Crippen LogP contribution is 2.63. The van der Waals surface area contributed by atoms with Crippen molar-refractivity contribution in [1.29, 1.82) is 0 Å². The van der Waals surface area contributed by atoms with Crippen LogP contribution in [0.25, 0.3) is 11.1 Å². The predicted molar refractivity (Wildman–Crippen MR) is 105 cm³/mol. The maximum atomic E-state index is 11.7. The topological polar surface area (TPSA) is 34.1 Å². The number of hydrogen-bond acceptors (Lipinski definition) is 3. The van der Waals surface area contributed by atoms with E-state index >= 15 is 0 Å². The summed E-state index contributed by atoms with van der Waals surface area (Å²) >= 11 is 1.76. The van der Waals surface area contributed by atoms with Gasteiger partial charge in [-0.05, 0) is 83.9 Å². The Bertz CT molecular complexity index is 932. The Morgan fingerprint density at radius 3 is 1.72 bits per heavy atom. The zero-order valence-corrected chi connectivity index (χ0v) is 16.2. The van der Waals surface area contributed by atoms with E-state index in [1.165, 1.54) is 46.3 Å². The van der Waals surface area contributed by atoms with Crippen molar-refractivity contribution in [2.75, 3.05) is 12.5 Å². The average molecular weight is 371 g/mol. The Balaban J connectivity index is 1.75. The van der Waals surface area contributed by atoms with Crippen LogP contribution in [0.1, 0.15) is 36.8 Å². The van der Waals surface area contributed by atoms with Crippen LogP contribution < -0.4 is 0 Å². The molecule has 0 heterocycles. The number of sulfone groups is 1. The van der Waals surface area contributed by atoms with Gasteiger partial charge in [0, 0.05) is 11.2 Å². The van der Waals surface area contributed by atoms with Gasteiger partial charge in [0.1, 0.15) is 0 Å². The van der Waals surface area contributed by atoms with Crippen LogP contribution in [-0.4, -0.2) is 20.9 Å². The summed E-state index contributed by atoms with van der Waals surface area (Å²) < 4.78 is 23.4. The summed E-state index contributed by atoms with van der Waals surface area (Å²) in [5, 5.41) is 0. The number of thioether (sulfide) groups is 1. The van der Waals surface area contributed by atoms with E-state index in [1.54, 1.807) is 23.9 Å². The molecule has 2 aromatic rings. The van der Waals surface area contributed by atoms with Crippen LogP contribution >= 0.6 is 11.8 Å². The van der Waals surface area contributed by atoms with Crippen molar-refractivity contribution in [2.45, 2.75) is 35.5 Å². The third-order valence-electron chi connectivity index (χ3n) is 5.49. The van der Waals surface area contributed by atoms with E-state index in [2.05, 4.69) is 30.5 Å². The highest BCUT2D eigenvalue weighted by atomic mass is 32.2. The van der Waals surface area contributed by atoms with E-state index in [0.29, 0.717) is 10.3 Å². The van der Waals surface area contributed by atoms with Crippen LogP contribution in [0.2, 0.25) is 0 Å². The molecule has 2 aliphatic carbocycles. The largest absolute Gasteiger partial charge is 0.224 e. The van der Waals surface area contributed by atoms with Gasteiger partial charge in [0.2, 0.25) is 0 Å². The Labute approximate surface area is 154 Å². The highest BCUT2D eigenvalue weighted by molar-refractivity contribution is 7.98. The van der Waals surface area contributed by atoms with Crippen molar-refractivity contribution in [2.24, 2.45) is 5.41 Å². The van der Waals surface area contributed by atoms with Crippen LogP contribution in [0.5, 0.6) is 0 Å². The molecule has 0 saturated heterocycles. The van der Waals surface area contributed by atoms with Crippen molar-refractivity contribution in [3.63, 3.8) is 0 Å². The molecule has 0 radical (unpaired) electrons. The molecule has 0 aromatic heterocycles. The molecule has 0 aliphatic heterocycles. The van der Waals surface area contributed by atoms with Gasteiger partial charge in [0.15, 0.2) is 9.84 Å². The SMILES string of the molecule is CSc1ccc(C2=C(c3ccc(S(C)(=O)=O)cc3)CC3(CC3)C2)cc1. The second-order valence-corrected chi connectivity index (χ2v) is 10.2. The Morgan fingerprint density at radius 2 is 1.32 bits per heavy atom. The second-order valence-electron chi connectivity index (χ2n) is 7.34. The lowest BCUT2D eigenvalue weighted by Gasteiger charge is -2.10. The van der Waals surface area contributed by atoms with Gasteiger partial charge in [-0.15, -0.1) is 11.8 Å². The van der Waals surface area contributed by atoms with Gasteiger partial charge in [-0.1, -0.05) is 24.3 Å². The summed E-state index contributed by atoms with van der Waals surface area (Å²) in [7, 11) is -3.15. The summed E-state index contributed by atoms with van der Waals surface area (Å²) in [6.45, 7) is 0. The summed E-state index contributed by atoms with van der Waals surface area (Å²) in [5.74, 6) is 0. The molecule has 4 rings (SSSR count). The Morgan fingerprint density at radius 1 is 0.840 bits per heavy atom. The first-order valence-corrected chi connectivity index (χ1v) is 11.7. The van der Waals surface area contributed by atoms with Crippen molar-refractivity contribution < 1.29 is 8.42 Å². The Kier molecular flexibility index (Phi) is 4.08. The van der Waals surface area contributed by atoms with Crippen LogP contribution in [0, 0.1) is 5.41 Å². The third-order valence-corrected chi connectivity index (χ3v) is 7.37. The third kappa shape index (κ3) is 3.30. The smallest absolute Gasteiger partial charge is 0.175 e. The molecule has 1 saturated carbocycles. The minimum atomic E-state index is -3.15. The number of rotatable bonds is 4. The fourth-order valence-corrected chi connectivity index (χ4v) is 4.84. The normalized spacial score (nSPS) is 18.8. The number of benzene rings is 2. The minimum Gasteiger partial charge on any atom is -0.224 e. The molecule has 2 aliphatic rings. The fraction of sp³-hybridized carbons (Fsp3) is 0.333. The number of hydrogen-bond donors (Lipinski definition) is 0. The quantitative estimate of drug-likeness (QED) is 0.685. The summed E-state index contributed by atoms with van der Waals surface area (Å²) in [5.41, 5.74) is 5.79. The van der Waals surface area contributed by atoms with E-state index in [-0.39, 0.29) is 0 Å². The zero-order chi connectivity index (χ0) is 17.7. The van der Waals surface area contributed by atoms with Gasteiger partial charge in [0.25, 0.3) is 0 Å². The van der Waals surface area contributed by atoms with Crippen molar-refractivity contribution in [3.05, 3.63) is 59.7 Å². The van der Waals surface area contributed by atoms with Crippen LogP contribution in [-0.2, 0) is 9.84 Å². The molecule has 25 heavy (non-hydrogen) atoms. The van der Waals surface area contributed by atoms with E-state index in [4.69, 9.17) is 0 Å². The molecular weight excluding hydrogens is 348 g/mol. The standard InChI is InChI=1S/C21H22O2S2/c1-24-17-7-3-15(4-8-17)19-13-21(11-12-21)14-20(19)16-5-9-18(10-6-16)25(2,22)23/h3-10H,11-14H2,1-2H3. The van der Waals surface area contributed by atoms with E-state index < -0.39 is 9.84 Å². The molecule has 0 unspecified atom stereocenters. The first-order chi connectivity index (χ1) is 11.9. The average Bonchev–Trinajstić information content (AvgIpc) is 3.25. The lowest BCUT2D eigenvalue weighted by Crippen LogP contribution is -1.97. The zero-order valence-electron chi connectivity index (χ0n) is 14.6.